The Morgan fingerprint density at radius 2 is 1.86 bits per heavy atom. The van der Waals surface area contributed by atoms with Crippen LogP contribution in [0.5, 0.6) is 0 Å². The molecule has 0 saturated carbocycles. The van der Waals surface area contributed by atoms with Gasteiger partial charge in [-0.3, -0.25) is 0 Å². The Kier molecular flexibility index (Phi) is 5.80. The number of aliphatic hydroxyl groups excluding tert-OH is 1. The van der Waals surface area contributed by atoms with E-state index in [1.54, 1.807) is 18.2 Å². The summed E-state index contributed by atoms with van der Waals surface area (Å²) in [4.78, 5) is 26.5. The quantitative estimate of drug-likeness (QED) is 0.612. The van der Waals surface area contributed by atoms with E-state index in [1.807, 2.05) is 61.5 Å². The number of esters is 2. The molecule has 28 heavy (non-hydrogen) atoms. The Labute approximate surface area is 164 Å². The topological polar surface area (TPSA) is 76.1 Å². The third-order valence-corrected chi connectivity index (χ3v) is 4.60. The summed E-state index contributed by atoms with van der Waals surface area (Å²) >= 11 is 0. The average molecular weight is 381 g/mol. The molecule has 0 aliphatic carbocycles. The number of nitrogens with zero attached hydrogens (tertiary/aromatic N) is 1. The molecule has 0 aromatic heterocycles. The van der Waals surface area contributed by atoms with E-state index in [1.165, 1.54) is 0 Å². The Hall–Kier alpha value is -3.12. The van der Waals surface area contributed by atoms with Crippen LogP contribution in [0.1, 0.15) is 22.3 Å². The van der Waals surface area contributed by atoms with Crippen molar-refractivity contribution in [3.8, 4) is 0 Å². The van der Waals surface area contributed by atoms with Crippen molar-refractivity contribution in [1.29, 1.82) is 0 Å². The number of carbonyl (C=O) groups excluding carboxylic acids is 2. The molecule has 0 bridgehead atoms. The molecule has 1 N–H and O–H groups in total. The molecule has 1 aliphatic rings. The molecule has 2 aromatic rings. The number of carbonyl (C=O) groups is 2. The molecule has 2 aromatic carbocycles. The predicted octanol–water partition coefficient (Wildman–Crippen LogP) is 2.67. The van der Waals surface area contributed by atoms with Crippen LogP contribution in [0.25, 0.3) is 6.08 Å². The number of cyclic esters (lactones) is 1. The van der Waals surface area contributed by atoms with Crippen LogP contribution < -0.4 is 4.90 Å². The number of hydrogen-bond donors (Lipinski definition) is 1. The third-order valence-electron chi connectivity index (χ3n) is 4.60. The second-order valence-electron chi connectivity index (χ2n) is 7.01. The monoisotopic (exact) mass is 381 g/mol. The summed E-state index contributed by atoms with van der Waals surface area (Å²) in [5, 5.41) is 9.80. The Balaban J connectivity index is 1.67. The summed E-state index contributed by atoms with van der Waals surface area (Å²) in [6.07, 6.45) is 1.89. The lowest BCUT2D eigenvalue weighted by Crippen LogP contribution is -2.39. The van der Waals surface area contributed by atoms with E-state index >= 15 is 0 Å². The standard InChI is InChI=1S/C22H23NO5/c1-23(2)19-10-8-17(9-11-19)20(25)27-15-22(14-24)13-18(21(26)28-22)12-16-6-4-3-5-7-16/h3-12,24H,13-15H2,1-2H3/b18-12+. The van der Waals surface area contributed by atoms with Crippen molar-refractivity contribution in [3.63, 3.8) is 0 Å². The Morgan fingerprint density at radius 3 is 2.46 bits per heavy atom. The molecule has 1 saturated heterocycles. The maximum Gasteiger partial charge on any atom is 0.338 e. The molecule has 1 atom stereocenters. The van der Waals surface area contributed by atoms with Gasteiger partial charge in [0.2, 0.25) is 0 Å². The highest BCUT2D eigenvalue weighted by atomic mass is 16.6. The molecule has 0 spiro atoms. The second kappa shape index (κ2) is 8.27. The molecule has 0 amide bonds. The molecule has 146 valence electrons. The number of hydrogen-bond acceptors (Lipinski definition) is 6. The van der Waals surface area contributed by atoms with Gasteiger partial charge in [-0.15, -0.1) is 0 Å². The minimum Gasteiger partial charge on any atom is -0.458 e. The SMILES string of the molecule is CN(C)c1ccc(C(=O)OCC2(CO)C/C(=C\c3ccccc3)C(=O)O2)cc1. The van der Waals surface area contributed by atoms with Gasteiger partial charge in [0.15, 0.2) is 5.60 Å². The zero-order chi connectivity index (χ0) is 20.1. The highest BCUT2D eigenvalue weighted by Crippen LogP contribution is 2.32. The van der Waals surface area contributed by atoms with Crippen molar-refractivity contribution in [1.82, 2.24) is 0 Å². The molecular formula is C22H23NO5. The molecule has 1 unspecified atom stereocenters. The first-order valence-corrected chi connectivity index (χ1v) is 8.97. The van der Waals surface area contributed by atoms with E-state index in [0.29, 0.717) is 11.1 Å². The van der Waals surface area contributed by atoms with E-state index in [-0.39, 0.29) is 13.0 Å². The predicted molar refractivity (Wildman–Crippen MR) is 106 cm³/mol. The summed E-state index contributed by atoms with van der Waals surface area (Å²) in [6.45, 7) is -0.645. The average Bonchev–Trinajstić information content (AvgIpc) is 3.03. The van der Waals surface area contributed by atoms with Crippen LogP contribution >= 0.6 is 0 Å². The van der Waals surface area contributed by atoms with Crippen molar-refractivity contribution < 1.29 is 24.2 Å². The van der Waals surface area contributed by atoms with Crippen LogP contribution in [0.3, 0.4) is 0 Å². The molecule has 6 nitrogen and oxygen atoms in total. The van der Waals surface area contributed by atoms with Crippen LogP contribution in [0.2, 0.25) is 0 Å². The van der Waals surface area contributed by atoms with E-state index < -0.39 is 24.1 Å². The van der Waals surface area contributed by atoms with Gasteiger partial charge in [0.1, 0.15) is 6.61 Å². The largest absolute Gasteiger partial charge is 0.458 e. The van der Waals surface area contributed by atoms with Crippen LogP contribution in [-0.4, -0.2) is 50.0 Å². The minimum absolute atomic E-state index is 0.171. The van der Waals surface area contributed by atoms with Gasteiger partial charge in [-0.2, -0.15) is 0 Å². The van der Waals surface area contributed by atoms with Crippen molar-refractivity contribution >= 4 is 23.7 Å². The number of benzene rings is 2. The zero-order valence-electron chi connectivity index (χ0n) is 15.9. The van der Waals surface area contributed by atoms with Crippen LogP contribution in [0, 0.1) is 0 Å². The highest BCUT2D eigenvalue weighted by Gasteiger charge is 2.44. The minimum atomic E-state index is -1.25. The van der Waals surface area contributed by atoms with Crippen LogP contribution in [-0.2, 0) is 14.3 Å². The van der Waals surface area contributed by atoms with E-state index in [9.17, 15) is 14.7 Å². The Bertz CT molecular complexity index is 874. The first-order chi connectivity index (χ1) is 13.4. The van der Waals surface area contributed by atoms with Gasteiger partial charge in [0, 0.05) is 31.8 Å². The summed E-state index contributed by atoms with van der Waals surface area (Å²) < 4.78 is 10.7. The number of ether oxygens (including phenoxy) is 2. The summed E-state index contributed by atoms with van der Waals surface area (Å²) in [7, 11) is 3.82. The van der Waals surface area contributed by atoms with E-state index in [4.69, 9.17) is 9.47 Å². The lowest BCUT2D eigenvalue weighted by molar-refractivity contribution is -0.154. The van der Waals surface area contributed by atoms with Crippen LogP contribution in [0.4, 0.5) is 5.69 Å². The summed E-state index contributed by atoms with van der Waals surface area (Å²) in [5.74, 6) is -1.04. The van der Waals surface area contributed by atoms with Gasteiger partial charge in [-0.05, 0) is 35.9 Å². The summed E-state index contributed by atoms with van der Waals surface area (Å²) in [6, 6.07) is 16.3. The summed E-state index contributed by atoms with van der Waals surface area (Å²) in [5.41, 5.74) is 1.40. The van der Waals surface area contributed by atoms with Crippen LogP contribution in [0.15, 0.2) is 60.2 Å². The molecule has 1 heterocycles. The number of aliphatic hydroxyl groups is 1. The van der Waals surface area contributed by atoms with Crippen molar-refractivity contribution in [2.75, 3.05) is 32.2 Å². The molecule has 6 heteroatoms. The van der Waals surface area contributed by atoms with Gasteiger partial charge in [-0.1, -0.05) is 30.3 Å². The zero-order valence-corrected chi connectivity index (χ0v) is 15.9. The number of anilines is 1. The van der Waals surface area contributed by atoms with Crippen molar-refractivity contribution in [2.24, 2.45) is 0 Å². The fourth-order valence-corrected chi connectivity index (χ4v) is 2.97. The van der Waals surface area contributed by atoms with Crippen molar-refractivity contribution in [3.05, 3.63) is 71.3 Å². The molecule has 3 rings (SSSR count). The van der Waals surface area contributed by atoms with E-state index in [0.717, 1.165) is 11.3 Å². The maximum atomic E-state index is 12.3. The molecule has 1 aliphatic heterocycles. The molecule has 0 radical (unpaired) electrons. The molecule has 1 fully saturated rings. The maximum absolute atomic E-state index is 12.3. The van der Waals surface area contributed by atoms with Gasteiger partial charge < -0.3 is 19.5 Å². The molecular weight excluding hydrogens is 358 g/mol. The first-order valence-electron chi connectivity index (χ1n) is 8.97. The van der Waals surface area contributed by atoms with E-state index in [2.05, 4.69) is 0 Å². The smallest absolute Gasteiger partial charge is 0.338 e. The van der Waals surface area contributed by atoms with Gasteiger partial charge in [-0.25, -0.2) is 9.59 Å². The third kappa shape index (κ3) is 4.40. The highest BCUT2D eigenvalue weighted by molar-refractivity contribution is 5.96. The fraction of sp³-hybridized carbons (Fsp3) is 0.273. The normalized spacial score (nSPS) is 20.1. The second-order valence-corrected chi connectivity index (χ2v) is 7.01. The van der Waals surface area contributed by atoms with Gasteiger partial charge in [0.05, 0.1) is 12.2 Å². The number of rotatable bonds is 6. The lowest BCUT2D eigenvalue weighted by Gasteiger charge is -2.24. The van der Waals surface area contributed by atoms with Gasteiger partial charge >= 0.3 is 11.9 Å². The van der Waals surface area contributed by atoms with Gasteiger partial charge in [0.25, 0.3) is 0 Å². The Morgan fingerprint density at radius 1 is 1.18 bits per heavy atom. The lowest BCUT2D eigenvalue weighted by atomic mass is 9.98. The first kappa shape index (κ1) is 19.6. The van der Waals surface area contributed by atoms with Crippen molar-refractivity contribution in [2.45, 2.75) is 12.0 Å². The fourth-order valence-electron chi connectivity index (χ4n) is 2.97.